The molecule has 1 fully saturated rings. The van der Waals surface area contributed by atoms with Crippen LogP contribution in [-0.2, 0) is 4.79 Å². The zero-order valence-electron chi connectivity index (χ0n) is 11.4. The number of carbonyl (C=O) groups excluding carboxylic acids is 1. The van der Waals surface area contributed by atoms with Crippen molar-refractivity contribution in [3.63, 3.8) is 0 Å². The number of carboxylic acids is 1. The molecule has 0 aromatic carbocycles. The highest BCUT2D eigenvalue weighted by molar-refractivity contribution is 5.82. The first-order chi connectivity index (χ1) is 8.95. The van der Waals surface area contributed by atoms with Crippen molar-refractivity contribution in [3.05, 3.63) is 0 Å². The fourth-order valence-electron chi connectivity index (χ4n) is 1.93. The van der Waals surface area contributed by atoms with Crippen molar-refractivity contribution in [1.29, 1.82) is 0 Å². The highest BCUT2D eigenvalue weighted by Gasteiger charge is 2.28. The molecule has 2 amide bonds. The molecule has 2 atom stereocenters. The zero-order valence-corrected chi connectivity index (χ0v) is 11.4. The summed E-state index contributed by atoms with van der Waals surface area (Å²) in [5, 5.41) is 22.9. The van der Waals surface area contributed by atoms with Crippen LogP contribution in [0.3, 0.4) is 0 Å². The quantitative estimate of drug-likeness (QED) is 0.482. The third kappa shape index (κ3) is 5.44. The summed E-state index contributed by atoms with van der Waals surface area (Å²) in [5.41, 5.74) is 0. The van der Waals surface area contributed by atoms with E-state index >= 15 is 0 Å². The first-order valence-corrected chi connectivity index (χ1v) is 6.65. The van der Waals surface area contributed by atoms with Crippen LogP contribution in [0.1, 0.15) is 26.7 Å². The van der Waals surface area contributed by atoms with Crippen molar-refractivity contribution in [2.45, 2.75) is 44.9 Å². The van der Waals surface area contributed by atoms with E-state index < -0.39 is 24.1 Å². The average molecular weight is 273 g/mol. The molecule has 0 spiro atoms. The summed E-state index contributed by atoms with van der Waals surface area (Å²) in [7, 11) is 0. The molecule has 19 heavy (non-hydrogen) atoms. The molecule has 110 valence electrons. The van der Waals surface area contributed by atoms with E-state index in [4.69, 9.17) is 5.11 Å². The second-order valence-corrected chi connectivity index (χ2v) is 4.82. The number of carbonyl (C=O) groups is 2. The van der Waals surface area contributed by atoms with Gasteiger partial charge in [-0.2, -0.15) is 0 Å². The Balaban J connectivity index is 2.24. The molecular formula is C12H23N3O4. The van der Waals surface area contributed by atoms with Crippen molar-refractivity contribution in [2.24, 2.45) is 0 Å². The summed E-state index contributed by atoms with van der Waals surface area (Å²) in [6, 6.07) is -1.22. The summed E-state index contributed by atoms with van der Waals surface area (Å²) in [4.78, 5) is 24.6. The molecule has 0 bridgehead atoms. The maximum Gasteiger partial charge on any atom is 0.328 e. The normalized spacial score (nSPS) is 17.9. The Morgan fingerprint density at radius 3 is 2.47 bits per heavy atom. The number of amides is 2. The number of nitrogens with one attached hydrogen (secondary N) is 2. The molecule has 1 rings (SSSR count). The van der Waals surface area contributed by atoms with Gasteiger partial charge in [-0.3, -0.25) is 4.90 Å². The van der Waals surface area contributed by atoms with Crippen LogP contribution in [0.15, 0.2) is 0 Å². The van der Waals surface area contributed by atoms with Crippen LogP contribution in [-0.4, -0.2) is 64.9 Å². The highest BCUT2D eigenvalue weighted by atomic mass is 16.4. The van der Waals surface area contributed by atoms with Crippen molar-refractivity contribution < 1.29 is 19.8 Å². The number of carboxylic acid groups (broad SMARTS) is 1. The van der Waals surface area contributed by atoms with Gasteiger partial charge < -0.3 is 20.8 Å². The maximum atomic E-state index is 11.5. The standard InChI is InChI=1S/C12H23N3O4/c1-3-15(9-4-5-9)7-6-13-12(19)14-10(8(2)16)11(17)18/h8-10,16H,3-7H2,1-2H3,(H,17,18)(H2,13,14,19)/t8-,10+/m1/s1. The minimum absolute atomic E-state index is 0.461. The number of nitrogens with zero attached hydrogens (tertiary/aromatic N) is 1. The molecule has 7 heteroatoms. The van der Waals surface area contributed by atoms with E-state index in [0.29, 0.717) is 12.6 Å². The molecule has 0 aromatic heterocycles. The fraction of sp³-hybridized carbons (Fsp3) is 0.833. The molecule has 1 saturated carbocycles. The van der Waals surface area contributed by atoms with E-state index in [2.05, 4.69) is 22.5 Å². The van der Waals surface area contributed by atoms with Crippen LogP contribution in [0, 0.1) is 0 Å². The summed E-state index contributed by atoms with van der Waals surface area (Å²) in [5.74, 6) is -1.25. The monoisotopic (exact) mass is 273 g/mol. The number of aliphatic hydroxyl groups is 1. The molecule has 0 aromatic rings. The van der Waals surface area contributed by atoms with Gasteiger partial charge in [-0.25, -0.2) is 9.59 Å². The van der Waals surface area contributed by atoms with Gasteiger partial charge in [0.2, 0.25) is 0 Å². The number of hydrogen-bond acceptors (Lipinski definition) is 4. The largest absolute Gasteiger partial charge is 0.480 e. The number of hydrogen-bond donors (Lipinski definition) is 4. The van der Waals surface area contributed by atoms with E-state index in [0.717, 1.165) is 13.1 Å². The fourth-order valence-corrected chi connectivity index (χ4v) is 1.93. The van der Waals surface area contributed by atoms with Gasteiger partial charge >= 0.3 is 12.0 Å². The Morgan fingerprint density at radius 1 is 1.42 bits per heavy atom. The summed E-state index contributed by atoms with van der Waals surface area (Å²) in [6.45, 7) is 5.56. The van der Waals surface area contributed by atoms with Gasteiger partial charge in [0.1, 0.15) is 0 Å². The molecule has 0 heterocycles. The lowest BCUT2D eigenvalue weighted by Gasteiger charge is -2.21. The van der Waals surface area contributed by atoms with E-state index in [1.807, 2.05) is 0 Å². The SMILES string of the molecule is CCN(CCNC(=O)N[C@H](C(=O)O)[C@@H](C)O)C1CC1. The average Bonchev–Trinajstić information content (AvgIpc) is 3.15. The molecule has 1 aliphatic carbocycles. The van der Waals surface area contributed by atoms with Crippen molar-refractivity contribution >= 4 is 12.0 Å². The minimum atomic E-state index is -1.29. The molecule has 7 nitrogen and oxygen atoms in total. The molecule has 0 unspecified atom stereocenters. The zero-order chi connectivity index (χ0) is 14.4. The van der Waals surface area contributed by atoms with Gasteiger partial charge in [-0.15, -0.1) is 0 Å². The summed E-state index contributed by atoms with van der Waals surface area (Å²) >= 11 is 0. The molecular weight excluding hydrogens is 250 g/mol. The van der Waals surface area contributed by atoms with E-state index in [1.54, 1.807) is 0 Å². The van der Waals surface area contributed by atoms with Crippen LogP contribution in [0.2, 0.25) is 0 Å². The Kier molecular flexibility index (Phi) is 6.04. The van der Waals surface area contributed by atoms with Crippen molar-refractivity contribution in [1.82, 2.24) is 15.5 Å². The minimum Gasteiger partial charge on any atom is -0.480 e. The van der Waals surface area contributed by atoms with Crippen LogP contribution in [0.25, 0.3) is 0 Å². The van der Waals surface area contributed by atoms with Crippen LogP contribution >= 0.6 is 0 Å². The molecule has 4 N–H and O–H groups in total. The first-order valence-electron chi connectivity index (χ1n) is 6.65. The van der Waals surface area contributed by atoms with Crippen molar-refractivity contribution in [2.75, 3.05) is 19.6 Å². The summed E-state index contributed by atoms with van der Waals surface area (Å²) < 4.78 is 0. The lowest BCUT2D eigenvalue weighted by molar-refractivity contribution is -0.141. The lowest BCUT2D eigenvalue weighted by atomic mass is 10.2. The topological polar surface area (TPSA) is 102 Å². The lowest BCUT2D eigenvalue weighted by Crippen LogP contribution is -2.52. The van der Waals surface area contributed by atoms with Gasteiger partial charge in [0.15, 0.2) is 6.04 Å². The van der Waals surface area contributed by atoms with Gasteiger partial charge in [-0.05, 0) is 26.3 Å². The highest BCUT2D eigenvalue weighted by Crippen LogP contribution is 2.25. The number of rotatable bonds is 8. The Hall–Kier alpha value is -1.34. The van der Waals surface area contributed by atoms with Gasteiger partial charge in [0.25, 0.3) is 0 Å². The maximum absolute atomic E-state index is 11.5. The molecule has 1 aliphatic rings. The summed E-state index contributed by atoms with van der Waals surface area (Å²) in [6.07, 6.45) is 1.29. The number of urea groups is 1. The molecule has 0 saturated heterocycles. The van der Waals surface area contributed by atoms with E-state index in [-0.39, 0.29) is 0 Å². The third-order valence-electron chi connectivity index (χ3n) is 3.19. The van der Waals surface area contributed by atoms with Crippen LogP contribution < -0.4 is 10.6 Å². The number of aliphatic hydroxyl groups excluding tert-OH is 1. The van der Waals surface area contributed by atoms with Gasteiger partial charge in [0, 0.05) is 19.1 Å². The predicted octanol–water partition coefficient (Wildman–Crippen LogP) is -0.396. The first kappa shape index (κ1) is 15.7. The predicted molar refractivity (Wildman–Crippen MR) is 69.9 cm³/mol. The Morgan fingerprint density at radius 2 is 2.05 bits per heavy atom. The second kappa shape index (κ2) is 7.30. The van der Waals surface area contributed by atoms with Crippen molar-refractivity contribution in [3.8, 4) is 0 Å². The second-order valence-electron chi connectivity index (χ2n) is 4.82. The number of likely N-dealkylation sites (N-methyl/N-ethyl adjacent to an activating group) is 1. The van der Waals surface area contributed by atoms with Gasteiger partial charge in [-0.1, -0.05) is 6.92 Å². The number of aliphatic carboxylic acids is 1. The van der Waals surface area contributed by atoms with E-state index in [1.165, 1.54) is 19.8 Å². The van der Waals surface area contributed by atoms with Crippen LogP contribution in [0.5, 0.6) is 0 Å². The Labute approximate surface area is 113 Å². The van der Waals surface area contributed by atoms with E-state index in [9.17, 15) is 14.7 Å². The van der Waals surface area contributed by atoms with Gasteiger partial charge in [0.05, 0.1) is 6.10 Å². The smallest absolute Gasteiger partial charge is 0.328 e. The van der Waals surface area contributed by atoms with Crippen LogP contribution in [0.4, 0.5) is 4.79 Å². The molecule has 0 aliphatic heterocycles. The Bertz CT molecular complexity index is 318. The molecule has 0 radical (unpaired) electrons. The third-order valence-corrected chi connectivity index (χ3v) is 3.19.